The maximum Gasteiger partial charge on any atom is 0.339 e. The first-order chi connectivity index (χ1) is 16.0. The number of hydrogen-bond donors (Lipinski definition) is 1. The minimum atomic E-state index is -4.16. The Kier molecular flexibility index (Phi) is 6.12. The third kappa shape index (κ3) is 4.63. The molecule has 3 aromatic carbocycles. The molecule has 0 spiro atoms. The van der Waals surface area contributed by atoms with Crippen LogP contribution in [0.3, 0.4) is 0 Å². The molecule has 0 aliphatic carbocycles. The van der Waals surface area contributed by atoms with E-state index in [0.717, 1.165) is 17.5 Å². The Balaban J connectivity index is 1.99. The van der Waals surface area contributed by atoms with Crippen molar-refractivity contribution >= 4 is 26.8 Å². The van der Waals surface area contributed by atoms with E-state index in [1.54, 1.807) is 12.1 Å². The average molecular weight is 479 g/mol. The molecule has 34 heavy (non-hydrogen) atoms. The molecule has 0 fully saturated rings. The van der Waals surface area contributed by atoms with Crippen molar-refractivity contribution in [2.75, 3.05) is 5.73 Å². The Morgan fingerprint density at radius 1 is 1.00 bits per heavy atom. The van der Waals surface area contributed by atoms with Gasteiger partial charge in [0.05, 0.1) is 0 Å². The Hall–Kier alpha value is -3.39. The van der Waals surface area contributed by atoms with Gasteiger partial charge in [0, 0.05) is 11.3 Å². The molecule has 8 heteroatoms. The lowest BCUT2D eigenvalue weighted by Crippen LogP contribution is -2.18. The van der Waals surface area contributed by atoms with Crippen LogP contribution in [0.5, 0.6) is 5.75 Å². The quantitative estimate of drug-likeness (QED) is 0.287. The lowest BCUT2D eigenvalue weighted by Gasteiger charge is -2.25. The van der Waals surface area contributed by atoms with E-state index in [9.17, 15) is 8.42 Å². The van der Waals surface area contributed by atoms with E-state index in [0.29, 0.717) is 22.4 Å². The summed E-state index contributed by atoms with van der Waals surface area (Å²) in [5.41, 5.74) is 9.71. The number of aromatic nitrogens is 3. The fourth-order valence-electron chi connectivity index (χ4n) is 3.69. The van der Waals surface area contributed by atoms with Crippen LogP contribution in [0.25, 0.3) is 16.7 Å². The highest BCUT2D eigenvalue weighted by molar-refractivity contribution is 7.87. The van der Waals surface area contributed by atoms with Crippen LogP contribution in [0.4, 0.5) is 5.69 Å². The molecule has 4 rings (SSSR count). The summed E-state index contributed by atoms with van der Waals surface area (Å²) in [5.74, 6) is 0.266. The molecule has 178 valence electrons. The molecule has 2 N–H and O–H groups in total. The zero-order valence-corrected chi connectivity index (χ0v) is 20.9. The van der Waals surface area contributed by atoms with Crippen molar-refractivity contribution < 1.29 is 12.6 Å². The Morgan fingerprint density at radius 3 is 2.21 bits per heavy atom. The summed E-state index contributed by atoms with van der Waals surface area (Å²) in [6, 6.07) is 17.5. The number of nitrogen functional groups attached to an aromatic ring is 1. The molecule has 7 nitrogen and oxygen atoms in total. The van der Waals surface area contributed by atoms with Crippen LogP contribution in [0.2, 0.25) is 0 Å². The molecule has 1 heterocycles. The van der Waals surface area contributed by atoms with Gasteiger partial charge in [-0.3, -0.25) is 0 Å². The van der Waals surface area contributed by atoms with Crippen molar-refractivity contribution in [2.45, 2.75) is 57.3 Å². The van der Waals surface area contributed by atoms with Crippen molar-refractivity contribution in [2.24, 2.45) is 0 Å². The van der Waals surface area contributed by atoms with Gasteiger partial charge in [0.15, 0.2) is 5.75 Å². The van der Waals surface area contributed by atoms with Crippen LogP contribution < -0.4 is 9.92 Å². The summed E-state index contributed by atoms with van der Waals surface area (Å²) in [6.07, 6.45) is 0.802. The van der Waals surface area contributed by atoms with Crippen LogP contribution in [0.15, 0.2) is 65.6 Å². The topological polar surface area (TPSA) is 100 Å². The maximum atomic E-state index is 13.3. The van der Waals surface area contributed by atoms with Gasteiger partial charge in [-0.2, -0.15) is 8.42 Å². The van der Waals surface area contributed by atoms with Crippen LogP contribution in [0, 0.1) is 0 Å². The highest BCUT2D eigenvalue weighted by atomic mass is 32.2. The molecule has 0 radical (unpaired) electrons. The van der Waals surface area contributed by atoms with Gasteiger partial charge in [0.2, 0.25) is 0 Å². The van der Waals surface area contributed by atoms with E-state index in [1.165, 1.54) is 16.9 Å². The number of hydrogen-bond acceptors (Lipinski definition) is 6. The van der Waals surface area contributed by atoms with Gasteiger partial charge >= 0.3 is 10.1 Å². The van der Waals surface area contributed by atoms with Crippen molar-refractivity contribution in [1.29, 1.82) is 0 Å². The van der Waals surface area contributed by atoms with E-state index < -0.39 is 10.1 Å². The number of fused-ring (bicyclic) bond motifs is 1. The van der Waals surface area contributed by atoms with Crippen molar-refractivity contribution in [3.63, 3.8) is 0 Å². The van der Waals surface area contributed by atoms with Crippen molar-refractivity contribution in [3.05, 3.63) is 71.8 Å². The highest BCUT2D eigenvalue weighted by Crippen LogP contribution is 2.40. The number of benzene rings is 3. The fourth-order valence-corrected chi connectivity index (χ4v) is 4.71. The molecule has 0 aliphatic rings. The zero-order chi connectivity index (χ0) is 24.7. The van der Waals surface area contributed by atoms with E-state index in [-0.39, 0.29) is 22.0 Å². The molecule has 0 aliphatic heterocycles. The summed E-state index contributed by atoms with van der Waals surface area (Å²) in [4.78, 5) is 1.46. The lowest BCUT2D eigenvalue weighted by molar-refractivity contribution is 0.474. The molecular weight excluding hydrogens is 448 g/mol. The number of rotatable bonds is 6. The molecule has 1 aromatic heterocycles. The van der Waals surface area contributed by atoms with Crippen LogP contribution in [-0.4, -0.2) is 23.4 Å². The first-order valence-corrected chi connectivity index (χ1v) is 12.7. The van der Waals surface area contributed by atoms with Crippen LogP contribution in [0.1, 0.15) is 58.1 Å². The number of anilines is 1. The summed E-state index contributed by atoms with van der Waals surface area (Å²) in [7, 11) is -4.16. The highest BCUT2D eigenvalue weighted by Gasteiger charge is 2.28. The van der Waals surface area contributed by atoms with Crippen molar-refractivity contribution in [1.82, 2.24) is 15.0 Å². The van der Waals surface area contributed by atoms with E-state index in [2.05, 4.69) is 44.8 Å². The molecule has 0 saturated heterocycles. The van der Waals surface area contributed by atoms with E-state index in [4.69, 9.17) is 9.92 Å². The monoisotopic (exact) mass is 478 g/mol. The van der Waals surface area contributed by atoms with Crippen LogP contribution >= 0.6 is 0 Å². The second-order valence-corrected chi connectivity index (χ2v) is 11.1. The minimum absolute atomic E-state index is 0.00737. The average Bonchev–Trinajstić information content (AvgIpc) is 3.21. The summed E-state index contributed by atoms with van der Waals surface area (Å²) >= 11 is 0. The molecule has 0 unspecified atom stereocenters. The molecular formula is C26H30N4O3S. The van der Waals surface area contributed by atoms with E-state index >= 15 is 0 Å². The van der Waals surface area contributed by atoms with Gasteiger partial charge in [-0.15, -0.1) is 15.0 Å². The predicted octanol–water partition coefficient (Wildman–Crippen LogP) is 5.58. The predicted molar refractivity (Wildman–Crippen MR) is 135 cm³/mol. The maximum absolute atomic E-state index is 13.3. The van der Waals surface area contributed by atoms with E-state index in [1.807, 2.05) is 36.4 Å². The molecule has 1 atom stereocenters. The second kappa shape index (κ2) is 8.76. The lowest BCUT2D eigenvalue weighted by atomic mass is 9.83. The summed E-state index contributed by atoms with van der Waals surface area (Å²) < 4.78 is 32.5. The molecule has 0 saturated carbocycles. The van der Waals surface area contributed by atoms with Crippen LogP contribution in [-0.2, 0) is 15.5 Å². The normalized spacial score (nSPS) is 13.2. The van der Waals surface area contributed by atoms with Gasteiger partial charge in [-0.25, -0.2) is 0 Å². The molecule has 0 amide bonds. The number of nitrogens with two attached hydrogens (primary N) is 1. The standard InChI is InChI=1S/C26H30N4O3S/c1-6-17(2)21-14-18(26(3,4)5)15-24(30-28-22-12-7-8-13-23(22)29-30)25(21)33-34(31,32)20-11-9-10-19(27)16-20/h7-17H,6,27H2,1-5H3/t17-/m0/s1. The first-order valence-electron chi connectivity index (χ1n) is 11.3. The first kappa shape index (κ1) is 23.8. The largest absolute Gasteiger partial charge is 0.399 e. The Morgan fingerprint density at radius 2 is 1.65 bits per heavy atom. The Bertz CT molecular complexity index is 1420. The fraction of sp³-hybridized carbons (Fsp3) is 0.308. The van der Waals surface area contributed by atoms with Gasteiger partial charge in [-0.05, 0) is 59.7 Å². The van der Waals surface area contributed by atoms with Gasteiger partial charge in [0.25, 0.3) is 0 Å². The number of nitrogens with zero attached hydrogens (tertiary/aromatic N) is 3. The van der Waals surface area contributed by atoms with Gasteiger partial charge in [-0.1, -0.05) is 58.9 Å². The Labute approximate surface area is 200 Å². The smallest absolute Gasteiger partial charge is 0.339 e. The SMILES string of the molecule is CC[C@H](C)c1cc(C(C)(C)C)cc(-n2nc3ccccc3n2)c1OS(=O)(=O)c1cccc(N)c1. The third-order valence-electron chi connectivity index (χ3n) is 5.95. The minimum Gasteiger partial charge on any atom is -0.399 e. The van der Waals surface area contributed by atoms with Gasteiger partial charge in [0.1, 0.15) is 21.6 Å². The second-order valence-electron chi connectivity index (χ2n) is 9.56. The summed E-state index contributed by atoms with van der Waals surface area (Å²) in [5, 5.41) is 9.24. The molecule has 4 aromatic rings. The molecule has 0 bridgehead atoms. The third-order valence-corrected chi connectivity index (χ3v) is 7.17. The zero-order valence-electron chi connectivity index (χ0n) is 20.1. The van der Waals surface area contributed by atoms with Crippen molar-refractivity contribution in [3.8, 4) is 11.4 Å². The van der Waals surface area contributed by atoms with Gasteiger partial charge < -0.3 is 9.92 Å². The summed E-state index contributed by atoms with van der Waals surface area (Å²) in [6.45, 7) is 10.5.